The zero-order valence-corrected chi connectivity index (χ0v) is 11.3. The van der Waals surface area contributed by atoms with Crippen molar-refractivity contribution in [2.45, 2.75) is 26.2 Å². The predicted molar refractivity (Wildman–Crippen MR) is 76.0 cm³/mol. The number of carbonyl (C=O) groups is 1. The molecule has 1 amide bonds. The summed E-state index contributed by atoms with van der Waals surface area (Å²) in [6.45, 7) is 4.31. The molecule has 0 saturated heterocycles. The number of aromatic nitrogens is 1. The molecule has 5 N–H and O–H groups in total. The quantitative estimate of drug-likeness (QED) is 0.586. The van der Waals surface area contributed by atoms with Gasteiger partial charge in [0.15, 0.2) is 0 Å². The number of amides is 1. The van der Waals surface area contributed by atoms with E-state index in [1.165, 1.54) is 6.07 Å². The molecule has 0 bridgehead atoms. The van der Waals surface area contributed by atoms with Gasteiger partial charge >= 0.3 is 0 Å². The number of unbranched alkanes of at least 4 members (excludes halogenated alkanes) is 1. The van der Waals surface area contributed by atoms with Crippen molar-refractivity contribution in [3.8, 4) is 0 Å². The Kier molecular flexibility index (Phi) is 6.67. The number of nitrogens with zero attached hydrogens (tertiary/aromatic N) is 1. The van der Waals surface area contributed by atoms with Crippen molar-refractivity contribution in [3.63, 3.8) is 0 Å². The van der Waals surface area contributed by atoms with E-state index < -0.39 is 5.91 Å². The molecule has 0 atom stereocenters. The SMILES string of the molecule is CCCCOCCCNc1nc(C(N)=O)ccc1N. The maximum absolute atomic E-state index is 11.0. The number of anilines is 2. The summed E-state index contributed by atoms with van der Waals surface area (Å²) in [5, 5.41) is 3.08. The van der Waals surface area contributed by atoms with Crippen LogP contribution in [0.1, 0.15) is 36.7 Å². The second kappa shape index (κ2) is 8.31. The zero-order chi connectivity index (χ0) is 14.1. The molecule has 1 heterocycles. The minimum absolute atomic E-state index is 0.205. The minimum atomic E-state index is -0.564. The van der Waals surface area contributed by atoms with E-state index in [2.05, 4.69) is 17.2 Å². The molecule has 6 nitrogen and oxygen atoms in total. The van der Waals surface area contributed by atoms with Crippen LogP contribution in [0, 0.1) is 0 Å². The van der Waals surface area contributed by atoms with Crippen molar-refractivity contribution in [1.29, 1.82) is 0 Å². The molecule has 19 heavy (non-hydrogen) atoms. The number of primary amides is 1. The minimum Gasteiger partial charge on any atom is -0.396 e. The summed E-state index contributed by atoms with van der Waals surface area (Å²) in [5.41, 5.74) is 11.6. The van der Waals surface area contributed by atoms with Crippen LogP contribution in [0.3, 0.4) is 0 Å². The summed E-state index contributed by atoms with van der Waals surface area (Å²) in [7, 11) is 0. The molecule has 0 aliphatic carbocycles. The number of hydrogen-bond donors (Lipinski definition) is 3. The Hall–Kier alpha value is -1.82. The van der Waals surface area contributed by atoms with E-state index in [0.717, 1.165) is 25.9 Å². The molecule has 6 heteroatoms. The average molecular weight is 266 g/mol. The summed E-state index contributed by atoms with van der Waals surface area (Å²) >= 11 is 0. The van der Waals surface area contributed by atoms with Gasteiger partial charge in [0.2, 0.25) is 0 Å². The number of nitrogens with two attached hydrogens (primary N) is 2. The number of hydrogen-bond acceptors (Lipinski definition) is 5. The van der Waals surface area contributed by atoms with Crippen molar-refractivity contribution in [1.82, 2.24) is 4.98 Å². The lowest BCUT2D eigenvalue weighted by Gasteiger charge is -2.09. The van der Waals surface area contributed by atoms with Crippen LogP contribution in [0.15, 0.2) is 12.1 Å². The van der Waals surface area contributed by atoms with E-state index >= 15 is 0 Å². The molecular formula is C13H22N4O2. The van der Waals surface area contributed by atoms with Gasteiger partial charge in [-0.15, -0.1) is 0 Å². The Morgan fingerprint density at radius 1 is 1.37 bits per heavy atom. The van der Waals surface area contributed by atoms with Gasteiger partial charge in [-0.3, -0.25) is 4.79 Å². The normalized spacial score (nSPS) is 10.4. The molecule has 0 aliphatic rings. The average Bonchev–Trinajstić information content (AvgIpc) is 2.39. The third kappa shape index (κ3) is 5.56. The number of pyridine rings is 1. The van der Waals surface area contributed by atoms with Crippen LogP contribution in [0.25, 0.3) is 0 Å². The van der Waals surface area contributed by atoms with Crippen LogP contribution in [0.2, 0.25) is 0 Å². The summed E-state index contributed by atoms with van der Waals surface area (Å²) in [6, 6.07) is 3.13. The molecule has 0 aromatic carbocycles. The van der Waals surface area contributed by atoms with E-state index in [0.29, 0.717) is 24.7 Å². The van der Waals surface area contributed by atoms with E-state index in [1.54, 1.807) is 6.07 Å². The van der Waals surface area contributed by atoms with Crippen molar-refractivity contribution in [3.05, 3.63) is 17.8 Å². The lowest BCUT2D eigenvalue weighted by molar-refractivity contribution is 0.0995. The van der Waals surface area contributed by atoms with E-state index in [4.69, 9.17) is 16.2 Å². The summed E-state index contributed by atoms with van der Waals surface area (Å²) in [6.07, 6.45) is 3.08. The highest BCUT2D eigenvalue weighted by atomic mass is 16.5. The molecular weight excluding hydrogens is 244 g/mol. The van der Waals surface area contributed by atoms with Gasteiger partial charge < -0.3 is 21.5 Å². The Morgan fingerprint density at radius 3 is 2.79 bits per heavy atom. The van der Waals surface area contributed by atoms with Gasteiger partial charge in [-0.05, 0) is 25.0 Å². The van der Waals surface area contributed by atoms with Gasteiger partial charge in [-0.1, -0.05) is 13.3 Å². The predicted octanol–water partition coefficient (Wildman–Crippen LogP) is 1.38. The third-order valence-electron chi connectivity index (χ3n) is 2.58. The maximum Gasteiger partial charge on any atom is 0.267 e. The Bertz CT molecular complexity index is 410. The Morgan fingerprint density at radius 2 is 2.11 bits per heavy atom. The summed E-state index contributed by atoms with van der Waals surface area (Å²) in [4.78, 5) is 15.1. The molecule has 1 aromatic heterocycles. The molecule has 106 valence electrons. The first-order valence-corrected chi connectivity index (χ1v) is 6.53. The first kappa shape index (κ1) is 15.2. The maximum atomic E-state index is 11.0. The standard InChI is InChI=1S/C13H22N4O2/c1-2-3-8-19-9-4-7-16-13-10(14)5-6-11(17-13)12(15)18/h5-6H,2-4,7-9,14H2,1H3,(H2,15,18)(H,16,17). The molecule has 0 unspecified atom stereocenters. The number of carbonyl (C=O) groups excluding carboxylic acids is 1. The third-order valence-corrected chi connectivity index (χ3v) is 2.58. The largest absolute Gasteiger partial charge is 0.396 e. The fourth-order valence-corrected chi connectivity index (χ4v) is 1.48. The van der Waals surface area contributed by atoms with Gasteiger partial charge in [0.05, 0.1) is 5.69 Å². The van der Waals surface area contributed by atoms with Crippen LogP contribution in [0.5, 0.6) is 0 Å². The van der Waals surface area contributed by atoms with Crippen LogP contribution in [-0.4, -0.2) is 30.6 Å². The number of rotatable bonds is 9. The van der Waals surface area contributed by atoms with Crippen LogP contribution in [-0.2, 0) is 4.74 Å². The van der Waals surface area contributed by atoms with Crippen LogP contribution < -0.4 is 16.8 Å². The summed E-state index contributed by atoms with van der Waals surface area (Å²) < 4.78 is 5.44. The highest BCUT2D eigenvalue weighted by molar-refractivity contribution is 5.91. The first-order chi connectivity index (χ1) is 9.15. The smallest absolute Gasteiger partial charge is 0.267 e. The van der Waals surface area contributed by atoms with Crippen molar-refractivity contribution < 1.29 is 9.53 Å². The van der Waals surface area contributed by atoms with Gasteiger partial charge in [-0.25, -0.2) is 4.98 Å². The molecule has 1 aromatic rings. The Labute approximate surface area is 113 Å². The number of nitrogens with one attached hydrogen (secondary N) is 1. The molecule has 0 radical (unpaired) electrons. The highest BCUT2D eigenvalue weighted by Gasteiger charge is 2.06. The van der Waals surface area contributed by atoms with Gasteiger partial charge in [0.1, 0.15) is 11.5 Å². The van der Waals surface area contributed by atoms with E-state index in [1.807, 2.05) is 0 Å². The zero-order valence-electron chi connectivity index (χ0n) is 11.3. The van der Waals surface area contributed by atoms with Crippen LogP contribution >= 0.6 is 0 Å². The van der Waals surface area contributed by atoms with Crippen molar-refractivity contribution in [2.75, 3.05) is 30.8 Å². The van der Waals surface area contributed by atoms with Gasteiger partial charge in [-0.2, -0.15) is 0 Å². The van der Waals surface area contributed by atoms with E-state index in [-0.39, 0.29) is 5.69 Å². The van der Waals surface area contributed by atoms with Gasteiger partial charge in [0, 0.05) is 19.8 Å². The molecule has 0 spiro atoms. The van der Waals surface area contributed by atoms with Crippen molar-refractivity contribution in [2.24, 2.45) is 5.73 Å². The molecule has 0 fully saturated rings. The monoisotopic (exact) mass is 266 g/mol. The van der Waals surface area contributed by atoms with E-state index in [9.17, 15) is 4.79 Å². The molecule has 0 aliphatic heterocycles. The fraction of sp³-hybridized carbons (Fsp3) is 0.538. The van der Waals surface area contributed by atoms with Crippen LogP contribution in [0.4, 0.5) is 11.5 Å². The number of nitrogen functional groups attached to an aromatic ring is 1. The lowest BCUT2D eigenvalue weighted by atomic mass is 10.3. The second-order valence-electron chi connectivity index (χ2n) is 4.24. The second-order valence-corrected chi connectivity index (χ2v) is 4.24. The molecule has 0 saturated carbocycles. The molecule has 1 rings (SSSR count). The first-order valence-electron chi connectivity index (χ1n) is 6.53. The Balaban J connectivity index is 2.32. The van der Waals surface area contributed by atoms with Crippen molar-refractivity contribution >= 4 is 17.4 Å². The van der Waals surface area contributed by atoms with Gasteiger partial charge in [0.25, 0.3) is 5.91 Å². The topological polar surface area (TPSA) is 103 Å². The number of ether oxygens (including phenoxy) is 1. The fourth-order valence-electron chi connectivity index (χ4n) is 1.48. The highest BCUT2D eigenvalue weighted by Crippen LogP contribution is 2.15. The lowest BCUT2D eigenvalue weighted by Crippen LogP contribution is -2.16. The summed E-state index contributed by atoms with van der Waals surface area (Å²) in [5.74, 6) is -0.0733.